The molecule has 2 heterocycles. The molecule has 0 amide bonds. The Bertz CT molecular complexity index is 688. The van der Waals surface area contributed by atoms with Crippen molar-refractivity contribution in [3.8, 4) is 0 Å². The van der Waals surface area contributed by atoms with Crippen molar-refractivity contribution in [2.45, 2.75) is 6.04 Å². The van der Waals surface area contributed by atoms with Crippen LogP contribution in [0.2, 0.25) is 0 Å². The highest BCUT2D eigenvalue weighted by molar-refractivity contribution is 9.10. The number of furan rings is 1. The zero-order valence-corrected chi connectivity index (χ0v) is 11.1. The molecule has 90 valence electrons. The van der Waals surface area contributed by atoms with Crippen LogP contribution >= 0.6 is 15.9 Å². The first-order valence-corrected chi connectivity index (χ1v) is 6.38. The summed E-state index contributed by atoms with van der Waals surface area (Å²) in [5, 5.41) is 2.21. The van der Waals surface area contributed by atoms with E-state index < -0.39 is 0 Å². The molecule has 2 N–H and O–H groups in total. The van der Waals surface area contributed by atoms with Crippen LogP contribution in [0.4, 0.5) is 0 Å². The minimum atomic E-state index is -0.231. The zero-order valence-electron chi connectivity index (χ0n) is 9.51. The molecule has 0 aliphatic rings. The van der Waals surface area contributed by atoms with Crippen molar-refractivity contribution >= 4 is 26.7 Å². The molecule has 0 saturated heterocycles. The largest absolute Gasteiger partial charge is 0.457 e. The van der Waals surface area contributed by atoms with Gasteiger partial charge in [0.05, 0.1) is 12.3 Å². The minimum Gasteiger partial charge on any atom is -0.457 e. The van der Waals surface area contributed by atoms with Gasteiger partial charge in [0.25, 0.3) is 0 Å². The van der Waals surface area contributed by atoms with Gasteiger partial charge >= 0.3 is 0 Å². The molecule has 0 saturated carbocycles. The second-order valence-electron chi connectivity index (χ2n) is 4.07. The van der Waals surface area contributed by atoms with Crippen LogP contribution in [0.5, 0.6) is 0 Å². The van der Waals surface area contributed by atoms with Gasteiger partial charge in [-0.3, -0.25) is 4.98 Å². The van der Waals surface area contributed by atoms with Crippen LogP contribution in [-0.4, -0.2) is 4.98 Å². The van der Waals surface area contributed by atoms with E-state index in [1.54, 1.807) is 12.5 Å². The molecular formula is C14H11BrN2O. The number of aromatic nitrogens is 1. The maximum atomic E-state index is 6.31. The molecule has 1 unspecified atom stereocenters. The van der Waals surface area contributed by atoms with Crippen LogP contribution < -0.4 is 5.73 Å². The first-order chi connectivity index (χ1) is 8.77. The molecule has 1 atom stereocenters. The van der Waals surface area contributed by atoms with E-state index >= 15 is 0 Å². The molecule has 3 aromatic rings. The van der Waals surface area contributed by atoms with E-state index in [4.69, 9.17) is 10.2 Å². The summed E-state index contributed by atoms with van der Waals surface area (Å²) in [5.74, 6) is 0. The zero-order chi connectivity index (χ0) is 12.5. The van der Waals surface area contributed by atoms with Crippen molar-refractivity contribution in [2.24, 2.45) is 5.73 Å². The number of hydrogen-bond donors (Lipinski definition) is 1. The van der Waals surface area contributed by atoms with Gasteiger partial charge in [0.2, 0.25) is 0 Å². The Hall–Kier alpha value is -1.65. The summed E-state index contributed by atoms with van der Waals surface area (Å²) in [5.41, 5.74) is 8.29. The summed E-state index contributed by atoms with van der Waals surface area (Å²) < 4.78 is 5.92. The third-order valence-corrected chi connectivity index (χ3v) is 3.68. The average molecular weight is 303 g/mol. The highest BCUT2D eigenvalue weighted by atomic mass is 79.9. The van der Waals surface area contributed by atoms with Gasteiger partial charge in [0, 0.05) is 23.3 Å². The lowest BCUT2D eigenvalue weighted by atomic mass is 9.97. The summed E-state index contributed by atoms with van der Waals surface area (Å²) in [4.78, 5) is 4.17. The number of rotatable bonds is 2. The maximum absolute atomic E-state index is 6.31. The van der Waals surface area contributed by atoms with Crippen molar-refractivity contribution in [3.63, 3.8) is 0 Å². The lowest BCUT2D eigenvalue weighted by Gasteiger charge is -2.13. The Kier molecular flexibility index (Phi) is 2.89. The van der Waals surface area contributed by atoms with Crippen LogP contribution in [0.1, 0.15) is 17.2 Å². The fraction of sp³-hybridized carbons (Fsp3) is 0.0714. The molecule has 4 heteroatoms. The van der Waals surface area contributed by atoms with Crippen molar-refractivity contribution in [1.29, 1.82) is 0 Å². The number of pyridine rings is 1. The van der Waals surface area contributed by atoms with Gasteiger partial charge in [-0.1, -0.05) is 18.2 Å². The van der Waals surface area contributed by atoms with Crippen LogP contribution in [-0.2, 0) is 0 Å². The smallest absolute Gasteiger partial charge is 0.174 e. The van der Waals surface area contributed by atoms with Gasteiger partial charge in [0.15, 0.2) is 4.67 Å². The Balaban J connectivity index is 2.18. The summed E-state index contributed by atoms with van der Waals surface area (Å²) >= 11 is 3.37. The highest BCUT2D eigenvalue weighted by Gasteiger charge is 2.16. The minimum absolute atomic E-state index is 0.231. The third kappa shape index (κ3) is 1.83. The van der Waals surface area contributed by atoms with E-state index in [1.807, 2.05) is 30.5 Å². The van der Waals surface area contributed by atoms with Gasteiger partial charge in [-0.05, 0) is 39.0 Å². The summed E-state index contributed by atoms with van der Waals surface area (Å²) in [7, 11) is 0. The van der Waals surface area contributed by atoms with Crippen molar-refractivity contribution in [3.05, 3.63) is 64.8 Å². The quantitative estimate of drug-likeness (QED) is 0.786. The van der Waals surface area contributed by atoms with E-state index in [0.717, 1.165) is 21.9 Å². The molecule has 0 aliphatic carbocycles. The van der Waals surface area contributed by atoms with Gasteiger partial charge < -0.3 is 10.2 Å². The Morgan fingerprint density at radius 2 is 2.06 bits per heavy atom. The SMILES string of the molecule is NC(c1ccoc1Br)c1cccc2ccncc12. The van der Waals surface area contributed by atoms with Gasteiger partial charge in [-0.25, -0.2) is 0 Å². The van der Waals surface area contributed by atoms with Crippen molar-refractivity contribution < 1.29 is 4.42 Å². The topological polar surface area (TPSA) is 52.0 Å². The van der Waals surface area contributed by atoms with E-state index in [-0.39, 0.29) is 6.04 Å². The normalized spacial score (nSPS) is 12.8. The molecule has 18 heavy (non-hydrogen) atoms. The molecule has 3 rings (SSSR count). The Labute approximate surface area is 113 Å². The standard InChI is InChI=1S/C14H11BrN2O/c15-14-11(5-7-18-14)13(16)10-3-1-2-9-4-6-17-8-12(9)10/h1-8,13H,16H2. The van der Waals surface area contributed by atoms with Crippen LogP contribution in [0.25, 0.3) is 10.8 Å². The molecule has 0 radical (unpaired) electrons. The monoisotopic (exact) mass is 302 g/mol. The second-order valence-corrected chi connectivity index (χ2v) is 4.79. The fourth-order valence-electron chi connectivity index (χ4n) is 2.10. The number of benzene rings is 1. The Morgan fingerprint density at radius 1 is 1.17 bits per heavy atom. The summed E-state index contributed by atoms with van der Waals surface area (Å²) in [6.45, 7) is 0. The molecule has 0 fully saturated rings. The lowest BCUT2D eigenvalue weighted by molar-refractivity contribution is 0.535. The van der Waals surface area contributed by atoms with Crippen molar-refractivity contribution in [1.82, 2.24) is 4.98 Å². The summed E-state index contributed by atoms with van der Waals surface area (Å²) in [6.07, 6.45) is 5.26. The molecular weight excluding hydrogens is 292 g/mol. The molecule has 0 aliphatic heterocycles. The predicted octanol–water partition coefficient (Wildman–Crippen LogP) is 3.64. The maximum Gasteiger partial charge on any atom is 0.174 e. The molecule has 0 bridgehead atoms. The first-order valence-electron chi connectivity index (χ1n) is 5.58. The first kappa shape index (κ1) is 11.4. The Morgan fingerprint density at radius 3 is 2.83 bits per heavy atom. The average Bonchev–Trinajstić information content (AvgIpc) is 2.83. The van der Waals surface area contributed by atoms with E-state index in [9.17, 15) is 0 Å². The van der Waals surface area contributed by atoms with Crippen LogP contribution in [0.3, 0.4) is 0 Å². The second kappa shape index (κ2) is 4.55. The van der Waals surface area contributed by atoms with Gasteiger partial charge in [-0.15, -0.1) is 0 Å². The van der Waals surface area contributed by atoms with Crippen LogP contribution in [0, 0.1) is 0 Å². The lowest BCUT2D eigenvalue weighted by Crippen LogP contribution is -2.12. The predicted molar refractivity (Wildman–Crippen MR) is 74.2 cm³/mol. The van der Waals surface area contributed by atoms with E-state index in [0.29, 0.717) is 4.67 Å². The number of fused-ring (bicyclic) bond motifs is 1. The highest BCUT2D eigenvalue weighted by Crippen LogP contribution is 2.31. The van der Waals surface area contributed by atoms with Gasteiger partial charge in [-0.2, -0.15) is 0 Å². The van der Waals surface area contributed by atoms with Crippen LogP contribution in [0.15, 0.2) is 58.1 Å². The number of hydrogen-bond acceptors (Lipinski definition) is 3. The van der Waals surface area contributed by atoms with E-state index in [2.05, 4.69) is 27.0 Å². The molecule has 1 aromatic carbocycles. The summed E-state index contributed by atoms with van der Waals surface area (Å²) in [6, 6.07) is 9.71. The number of nitrogens with zero attached hydrogens (tertiary/aromatic N) is 1. The number of halogens is 1. The third-order valence-electron chi connectivity index (χ3n) is 3.03. The fourth-order valence-corrected chi connectivity index (χ4v) is 2.59. The van der Waals surface area contributed by atoms with E-state index in [1.165, 1.54) is 0 Å². The van der Waals surface area contributed by atoms with Gasteiger partial charge in [0.1, 0.15) is 0 Å². The van der Waals surface area contributed by atoms with Crippen molar-refractivity contribution in [2.75, 3.05) is 0 Å². The molecule has 0 spiro atoms. The molecule has 3 nitrogen and oxygen atoms in total. The molecule has 2 aromatic heterocycles. The number of nitrogens with two attached hydrogens (primary N) is 1.